The van der Waals surface area contributed by atoms with Crippen molar-refractivity contribution in [2.75, 3.05) is 0 Å². The van der Waals surface area contributed by atoms with E-state index in [2.05, 4.69) is 13.0 Å². The zero-order valence-corrected chi connectivity index (χ0v) is 9.23. The Morgan fingerprint density at radius 1 is 0.933 bits per heavy atom. The smallest absolute Gasteiger partial charge is 0.120 e. The quantitative estimate of drug-likeness (QED) is 0.453. The zero-order valence-electron chi connectivity index (χ0n) is 9.23. The first-order valence-electron chi connectivity index (χ1n) is 5.26. The van der Waals surface area contributed by atoms with Crippen LogP contribution < -0.4 is 0 Å². The van der Waals surface area contributed by atoms with Crippen LogP contribution >= 0.6 is 0 Å². The number of rotatable bonds is 7. The summed E-state index contributed by atoms with van der Waals surface area (Å²) in [5.74, 6) is 1.72. The van der Waals surface area contributed by atoms with E-state index < -0.39 is 0 Å². The summed E-state index contributed by atoms with van der Waals surface area (Å²) in [6, 6.07) is 0. The van der Waals surface area contributed by atoms with Gasteiger partial charge < -0.3 is 0 Å². The molecule has 0 aliphatic rings. The summed E-state index contributed by atoms with van der Waals surface area (Å²) in [6.07, 6.45) is 20.3. The molecule has 0 rings (SSSR count). The number of unbranched alkanes of at least 4 members (excludes halogenated alkanes) is 1. The van der Waals surface area contributed by atoms with Crippen LogP contribution in [0.5, 0.6) is 0 Å². The van der Waals surface area contributed by atoms with E-state index in [1.807, 2.05) is 42.5 Å². The Balaban J connectivity index is 3.60. The lowest BCUT2D eigenvalue weighted by molar-refractivity contribution is 0.568. The first kappa shape index (κ1) is 13.4. The van der Waals surface area contributed by atoms with Crippen LogP contribution in [0.25, 0.3) is 0 Å². The van der Waals surface area contributed by atoms with Gasteiger partial charge in [-0.1, -0.05) is 62.0 Å². The third kappa shape index (κ3) is 12.4. The topological polar surface area (TPSA) is 17.1 Å². The van der Waals surface area contributed by atoms with Crippen molar-refractivity contribution in [3.63, 3.8) is 0 Å². The Kier molecular flexibility index (Phi) is 11.1. The Morgan fingerprint density at radius 3 is 2.13 bits per heavy atom. The van der Waals surface area contributed by atoms with Crippen molar-refractivity contribution in [3.05, 3.63) is 54.7 Å². The lowest BCUT2D eigenvalue weighted by atomic mass is 10.3. The van der Waals surface area contributed by atoms with E-state index in [1.165, 1.54) is 12.5 Å². The summed E-state index contributed by atoms with van der Waals surface area (Å²) >= 11 is 0. The minimum Gasteiger partial charge on any atom is -0.234 e. The van der Waals surface area contributed by atoms with Gasteiger partial charge in [-0.15, -0.1) is 0 Å². The van der Waals surface area contributed by atoms with Crippen molar-refractivity contribution in [3.8, 4) is 0 Å². The number of carbonyl (C=O) groups excluding carboxylic acids is 1. The molecular weight excluding hydrogens is 184 g/mol. The van der Waals surface area contributed by atoms with Gasteiger partial charge in [0.05, 0.1) is 0 Å². The fraction of sp³-hybridized carbons (Fsp3) is 0.286. The van der Waals surface area contributed by atoms with E-state index in [0.29, 0.717) is 6.42 Å². The predicted octanol–water partition coefficient (Wildman–Crippen LogP) is 3.79. The molecule has 0 radical (unpaired) electrons. The molecule has 0 saturated carbocycles. The molecule has 0 unspecified atom stereocenters. The van der Waals surface area contributed by atoms with E-state index in [1.54, 1.807) is 5.94 Å². The largest absolute Gasteiger partial charge is 0.234 e. The molecule has 0 fully saturated rings. The maximum Gasteiger partial charge on any atom is 0.120 e. The summed E-state index contributed by atoms with van der Waals surface area (Å²) in [5, 5.41) is 0. The Labute approximate surface area is 92.2 Å². The highest BCUT2D eigenvalue weighted by molar-refractivity contribution is 5.45. The Hall–Kier alpha value is -1.59. The fourth-order valence-electron chi connectivity index (χ4n) is 0.871. The SMILES string of the molecule is CCC/C=C/C=C/C=C/C=C/CC=C=O. The Morgan fingerprint density at radius 2 is 1.53 bits per heavy atom. The van der Waals surface area contributed by atoms with E-state index in [-0.39, 0.29) is 0 Å². The molecule has 0 aromatic rings. The van der Waals surface area contributed by atoms with Crippen LogP contribution in [-0.2, 0) is 4.79 Å². The van der Waals surface area contributed by atoms with Gasteiger partial charge in [-0.25, -0.2) is 4.79 Å². The normalized spacial score (nSPS) is 12.1. The molecule has 0 spiro atoms. The van der Waals surface area contributed by atoms with Crippen molar-refractivity contribution in [2.24, 2.45) is 0 Å². The highest BCUT2D eigenvalue weighted by Gasteiger charge is 1.69. The van der Waals surface area contributed by atoms with Gasteiger partial charge >= 0.3 is 0 Å². The molecule has 1 heteroatoms. The molecule has 80 valence electrons. The summed E-state index contributed by atoms with van der Waals surface area (Å²) < 4.78 is 0. The highest BCUT2D eigenvalue weighted by Crippen LogP contribution is 1.89. The molecular formula is C14H18O. The van der Waals surface area contributed by atoms with E-state index >= 15 is 0 Å². The minimum atomic E-state index is 0.647. The van der Waals surface area contributed by atoms with Crippen LogP contribution in [0.4, 0.5) is 0 Å². The second-order valence-corrected chi connectivity index (χ2v) is 2.97. The van der Waals surface area contributed by atoms with Gasteiger partial charge in [0, 0.05) is 6.08 Å². The lowest BCUT2D eigenvalue weighted by Gasteiger charge is -1.79. The van der Waals surface area contributed by atoms with Crippen LogP contribution in [-0.4, -0.2) is 5.94 Å². The second-order valence-electron chi connectivity index (χ2n) is 2.97. The van der Waals surface area contributed by atoms with Gasteiger partial charge in [0.2, 0.25) is 0 Å². The van der Waals surface area contributed by atoms with Gasteiger partial charge in [-0.2, -0.15) is 0 Å². The summed E-state index contributed by atoms with van der Waals surface area (Å²) in [7, 11) is 0. The van der Waals surface area contributed by atoms with Gasteiger partial charge in [0.1, 0.15) is 5.94 Å². The van der Waals surface area contributed by atoms with Gasteiger partial charge in [-0.3, -0.25) is 0 Å². The predicted molar refractivity (Wildman–Crippen MR) is 66.3 cm³/mol. The monoisotopic (exact) mass is 202 g/mol. The summed E-state index contributed by atoms with van der Waals surface area (Å²) in [4.78, 5) is 9.81. The second kappa shape index (κ2) is 12.4. The number of hydrogen-bond donors (Lipinski definition) is 0. The van der Waals surface area contributed by atoms with Crippen LogP contribution in [0.15, 0.2) is 54.7 Å². The molecule has 0 N–H and O–H groups in total. The standard InChI is InChI=1S/C14H18O/c1-2-3-4-5-6-7-8-9-10-11-12-13-14-15/h4-11,13H,2-3,12H2,1H3/b5-4+,7-6+,9-8+,11-10+. The molecule has 0 saturated heterocycles. The third-order valence-corrected chi connectivity index (χ3v) is 1.62. The van der Waals surface area contributed by atoms with Gasteiger partial charge in [-0.05, 0) is 12.8 Å². The molecule has 0 bridgehead atoms. The molecule has 0 aromatic heterocycles. The first-order valence-corrected chi connectivity index (χ1v) is 5.26. The number of allylic oxidation sites excluding steroid dienone is 9. The fourth-order valence-corrected chi connectivity index (χ4v) is 0.871. The highest BCUT2D eigenvalue weighted by atomic mass is 16.1. The van der Waals surface area contributed by atoms with E-state index in [9.17, 15) is 4.79 Å². The third-order valence-electron chi connectivity index (χ3n) is 1.62. The molecule has 1 nitrogen and oxygen atoms in total. The van der Waals surface area contributed by atoms with Crippen molar-refractivity contribution < 1.29 is 4.79 Å². The van der Waals surface area contributed by atoms with Gasteiger partial charge in [0.15, 0.2) is 0 Å². The molecule has 0 aliphatic heterocycles. The maximum atomic E-state index is 9.81. The van der Waals surface area contributed by atoms with Crippen LogP contribution in [0.2, 0.25) is 0 Å². The summed E-state index contributed by atoms with van der Waals surface area (Å²) in [5.41, 5.74) is 0. The van der Waals surface area contributed by atoms with Crippen LogP contribution in [0, 0.1) is 0 Å². The lowest BCUT2D eigenvalue weighted by Crippen LogP contribution is -1.59. The molecule has 15 heavy (non-hydrogen) atoms. The van der Waals surface area contributed by atoms with Crippen LogP contribution in [0.1, 0.15) is 26.2 Å². The van der Waals surface area contributed by atoms with Gasteiger partial charge in [0.25, 0.3) is 0 Å². The van der Waals surface area contributed by atoms with Crippen molar-refractivity contribution >= 4 is 5.94 Å². The van der Waals surface area contributed by atoms with E-state index in [4.69, 9.17) is 0 Å². The average Bonchev–Trinajstić information content (AvgIpc) is 2.26. The molecule has 0 atom stereocenters. The maximum absolute atomic E-state index is 9.81. The number of hydrogen-bond acceptors (Lipinski definition) is 1. The summed E-state index contributed by atoms with van der Waals surface area (Å²) in [6.45, 7) is 2.16. The van der Waals surface area contributed by atoms with Crippen molar-refractivity contribution in [1.82, 2.24) is 0 Å². The van der Waals surface area contributed by atoms with Crippen molar-refractivity contribution in [2.45, 2.75) is 26.2 Å². The molecule has 0 aromatic carbocycles. The van der Waals surface area contributed by atoms with Crippen LogP contribution in [0.3, 0.4) is 0 Å². The van der Waals surface area contributed by atoms with E-state index in [0.717, 1.165) is 6.42 Å². The zero-order chi connectivity index (χ0) is 11.2. The molecule has 0 amide bonds. The Bertz CT molecular complexity index is 286. The average molecular weight is 202 g/mol. The van der Waals surface area contributed by atoms with Crippen molar-refractivity contribution in [1.29, 1.82) is 0 Å². The molecule has 0 heterocycles. The first-order chi connectivity index (χ1) is 7.41. The minimum absolute atomic E-state index is 0.647. The molecule has 0 aliphatic carbocycles.